The molecule has 2 aromatic rings. The predicted octanol–water partition coefficient (Wildman–Crippen LogP) is 0.405. The van der Waals surface area contributed by atoms with Crippen LogP contribution in [0.25, 0.3) is 0 Å². The fourth-order valence-electron chi connectivity index (χ4n) is 0.796. The largest absolute Gasteiger partial charge is 0.321 e. The van der Waals surface area contributed by atoms with Crippen LogP contribution in [0.3, 0.4) is 0 Å². The predicted molar refractivity (Wildman–Crippen MR) is 45.1 cm³/mol. The molecule has 6 nitrogen and oxygen atoms in total. The van der Waals surface area contributed by atoms with Gasteiger partial charge in [0.2, 0.25) is 5.95 Å². The first-order chi connectivity index (χ1) is 6.45. The molecule has 6 heteroatoms. The first-order valence-corrected chi connectivity index (χ1v) is 3.59. The van der Waals surface area contributed by atoms with Crippen LogP contribution in [0.4, 0.5) is 11.6 Å². The van der Waals surface area contributed by atoms with Crippen LogP contribution in [0.15, 0.2) is 31.4 Å². The van der Waals surface area contributed by atoms with Gasteiger partial charge >= 0.3 is 0 Å². The number of anilines is 2. The van der Waals surface area contributed by atoms with Gasteiger partial charge in [0.1, 0.15) is 19.0 Å². The Morgan fingerprint density at radius 2 is 1.54 bits per heavy atom. The van der Waals surface area contributed by atoms with Crippen LogP contribution >= 0.6 is 0 Å². The van der Waals surface area contributed by atoms with Gasteiger partial charge in [-0.1, -0.05) is 0 Å². The van der Waals surface area contributed by atoms with Crippen molar-refractivity contribution in [1.82, 2.24) is 24.9 Å². The quantitative estimate of drug-likeness (QED) is 0.710. The molecule has 0 aliphatic rings. The first kappa shape index (κ1) is 7.53. The Balaban J connectivity index is 2.16. The Labute approximate surface area is 74.1 Å². The summed E-state index contributed by atoms with van der Waals surface area (Å²) in [6.45, 7) is 0. The van der Waals surface area contributed by atoms with E-state index in [1.807, 2.05) is 0 Å². The van der Waals surface area contributed by atoms with Crippen LogP contribution in [0.5, 0.6) is 0 Å². The lowest BCUT2D eigenvalue weighted by Gasteiger charge is -2.00. The number of nitrogens with one attached hydrogen (secondary N) is 1. The van der Waals surface area contributed by atoms with Crippen molar-refractivity contribution in [2.45, 2.75) is 0 Å². The monoisotopic (exact) mass is 174 g/mol. The minimum absolute atomic E-state index is 0.477. The zero-order valence-electron chi connectivity index (χ0n) is 6.62. The highest BCUT2D eigenvalue weighted by Gasteiger charge is 1.94. The highest BCUT2D eigenvalue weighted by molar-refractivity contribution is 5.48. The molecule has 0 spiro atoms. The van der Waals surface area contributed by atoms with Crippen LogP contribution in [0.1, 0.15) is 0 Å². The van der Waals surface area contributed by atoms with Crippen LogP contribution in [-0.2, 0) is 0 Å². The van der Waals surface area contributed by atoms with Gasteiger partial charge in [-0.25, -0.2) is 24.9 Å². The molecule has 0 aliphatic heterocycles. The van der Waals surface area contributed by atoms with Crippen molar-refractivity contribution in [3.63, 3.8) is 0 Å². The minimum Gasteiger partial charge on any atom is -0.321 e. The molecule has 2 aromatic heterocycles. The maximum absolute atomic E-state index is 3.89. The molecule has 0 saturated carbocycles. The average molecular weight is 174 g/mol. The van der Waals surface area contributed by atoms with Gasteiger partial charge < -0.3 is 5.32 Å². The molecule has 0 fully saturated rings. The lowest BCUT2D eigenvalue weighted by Crippen LogP contribution is -1.97. The van der Waals surface area contributed by atoms with Crippen molar-refractivity contribution < 1.29 is 0 Å². The van der Waals surface area contributed by atoms with Crippen LogP contribution < -0.4 is 5.32 Å². The summed E-state index contributed by atoms with van der Waals surface area (Å²) < 4.78 is 0. The van der Waals surface area contributed by atoms with E-state index in [1.54, 1.807) is 12.4 Å². The van der Waals surface area contributed by atoms with Gasteiger partial charge in [-0.05, 0) is 0 Å². The zero-order chi connectivity index (χ0) is 8.93. The highest BCUT2D eigenvalue weighted by atomic mass is 15.1. The van der Waals surface area contributed by atoms with Gasteiger partial charge in [0.05, 0.1) is 18.1 Å². The molecule has 2 heterocycles. The van der Waals surface area contributed by atoms with E-state index in [2.05, 4.69) is 30.2 Å². The first-order valence-electron chi connectivity index (χ1n) is 3.59. The van der Waals surface area contributed by atoms with Crippen molar-refractivity contribution in [2.75, 3.05) is 5.32 Å². The Morgan fingerprint density at radius 3 is 2.23 bits per heavy atom. The van der Waals surface area contributed by atoms with E-state index in [1.165, 1.54) is 19.0 Å². The third-order valence-corrected chi connectivity index (χ3v) is 1.31. The Hall–Kier alpha value is -2.11. The molecule has 13 heavy (non-hydrogen) atoms. The van der Waals surface area contributed by atoms with Crippen molar-refractivity contribution in [1.29, 1.82) is 0 Å². The average Bonchev–Trinajstić information content (AvgIpc) is 2.21. The summed E-state index contributed by atoms with van der Waals surface area (Å²) in [5.41, 5.74) is 0.744. The molecule has 64 valence electrons. The smallest absolute Gasteiger partial charge is 0.230 e. The second-order valence-corrected chi connectivity index (χ2v) is 2.21. The summed E-state index contributed by atoms with van der Waals surface area (Å²) in [5, 5.41) is 2.92. The second-order valence-electron chi connectivity index (χ2n) is 2.21. The van der Waals surface area contributed by atoms with Gasteiger partial charge in [0, 0.05) is 0 Å². The molecule has 0 aromatic carbocycles. The zero-order valence-corrected chi connectivity index (χ0v) is 6.62. The topological polar surface area (TPSA) is 76.5 Å². The standard InChI is InChI=1S/C7H6N6/c1-6(2-9-3-8-1)13-7-11-4-10-5-12-7/h1-5H,(H,10,11,12,13). The van der Waals surface area contributed by atoms with E-state index >= 15 is 0 Å². The molecular formula is C7H6N6. The van der Waals surface area contributed by atoms with Gasteiger partial charge in [0.25, 0.3) is 0 Å². The summed E-state index contributed by atoms with van der Waals surface area (Å²) in [5.74, 6) is 0.477. The number of hydrogen-bond donors (Lipinski definition) is 1. The summed E-state index contributed by atoms with van der Waals surface area (Å²) >= 11 is 0. The summed E-state index contributed by atoms with van der Waals surface area (Å²) in [7, 11) is 0. The van der Waals surface area contributed by atoms with Crippen molar-refractivity contribution >= 4 is 11.6 Å². The number of aromatic nitrogens is 5. The molecule has 0 radical (unpaired) electrons. The molecule has 0 aliphatic carbocycles. The normalized spacial score (nSPS) is 9.54. The van der Waals surface area contributed by atoms with E-state index in [-0.39, 0.29) is 0 Å². The van der Waals surface area contributed by atoms with E-state index in [0.29, 0.717) is 5.95 Å². The SMILES string of the molecule is c1ncc(Nc2ncncn2)cn1. The third-order valence-electron chi connectivity index (χ3n) is 1.31. The Kier molecular flexibility index (Phi) is 2.04. The molecule has 1 N–H and O–H groups in total. The maximum Gasteiger partial charge on any atom is 0.230 e. The van der Waals surface area contributed by atoms with Crippen molar-refractivity contribution in [3.8, 4) is 0 Å². The third kappa shape index (κ3) is 1.92. The molecule has 2 rings (SSSR count). The summed E-state index contributed by atoms with van der Waals surface area (Å²) in [4.78, 5) is 19.1. The lowest BCUT2D eigenvalue weighted by molar-refractivity contribution is 1.05. The number of rotatable bonds is 2. The van der Waals surface area contributed by atoms with Crippen LogP contribution in [0.2, 0.25) is 0 Å². The fourth-order valence-corrected chi connectivity index (χ4v) is 0.796. The molecule has 0 unspecified atom stereocenters. The van der Waals surface area contributed by atoms with Crippen LogP contribution in [-0.4, -0.2) is 24.9 Å². The van der Waals surface area contributed by atoms with Gasteiger partial charge in [-0.2, -0.15) is 0 Å². The maximum atomic E-state index is 3.89. The van der Waals surface area contributed by atoms with E-state index in [0.717, 1.165) is 5.69 Å². The lowest BCUT2D eigenvalue weighted by atomic mass is 10.5. The molecule has 0 saturated heterocycles. The second kappa shape index (κ2) is 3.53. The van der Waals surface area contributed by atoms with Gasteiger partial charge in [-0.3, -0.25) is 0 Å². The van der Waals surface area contributed by atoms with Crippen molar-refractivity contribution in [3.05, 3.63) is 31.4 Å². The molecular weight excluding hydrogens is 168 g/mol. The van der Waals surface area contributed by atoms with E-state index in [9.17, 15) is 0 Å². The summed E-state index contributed by atoms with van der Waals surface area (Å²) in [6, 6.07) is 0. The molecule has 0 bridgehead atoms. The number of hydrogen-bond acceptors (Lipinski definition) is 6. The molecule has 0 atom stereocenters. The fraction of sp³-hybridized carbons (Fsp3) is 0. The Morgan fingerprint density at radius 1 is 0.846 bits per heavy atom. The van der Waals surface area contributed by atoms with E-state index in [4.69, 9.17) is 0 Å². The Bertz CT molecular complexity index is 324. The van der Waals surface area contributed by atoms with Gasteiger partial charge in [-0.15, -0.1) is 0 Å². The summed E-state index contributed by atoms with van der Waals surface area (Å²) in [6.07, 6.45) is 7.56. The van der Waals surface area contributed by atoms with E-state index < -0.39 is 0 Å². The van der Waals surface area contributed by atoms with Crippen molar-refractivity contribution in [2.24, 2.45) is 0 Å². The minimum atomic E-state index is 0.477. The van der Waals surface area contributed by atoms with Gasteiger partial charge in [0.15, 0.2) is 0 Å². The number of nitrogens with zero attached hydrogens (tertiary/aromatic N) is 5. The molecule has 0 amide bonds. The highest BCUT2D eigenvalue weighted by Crippen LogP contribution is 2.06. The van der Waals surface area contributed by atoms with Crippen LogP contribution in [0, 0.1) is 0 Å².